The van der Waals surface area contributed by atoms with E-state index in [4.69, 9.17) is 0 Å². The Kier molecular flexibility index (Phi) is 4.88. The second-order valence-corrected chi connectivity index (χ2v) is 5.81. The Labute approximate surface area is 140 Å². The Balaban J connectivity index is 1.50. The fourth-order valence-electron chi connectivity index (χ4n) is 2.66. The lowest BCUT2D eigenvalue weighted by molar-refractivity contribution is 0.0950. The summed E-state index contributed by atoms with van der Waals surface area (Å²) >= 11 is 0. The van der Waals surface area contributed by atoms with Gasteiger partial charge in [0.2, 0.25) is 0 Å². The van der Waals surface area contributed by atoms with Crippen LogP contribution in [-0.4, -0.2) is 57.0 Å². The Hall–Kier alpha value is -2.71. The predicted molar refractivity (Wildman–Crippen MR) is 90.0 cm³/mol. The Morgan fingerprint density at radius 3 is 2.75 bits per heavy atom. The van der Waals surface area contributed by atoms with Crippen LogP contribution < -0.4 is 15.5 Å². The lowest BCUT2D eigenvalue weighted by Gasteiger charge is -2.17. The van der Waals surface area contributed by atoms with Gasteiger partial charge in [0.15, 0.2) is 5.69 Å². The summed E-state index contributed by atoms with van der Waals surface area (Å²) in [6.07, 6.45) is 4.00. The van der Waals surface area contributed by atoms with Crippen molar-refractivity contribution in [2.45, 2.75) is 19.8 Å². The van der Waals surface area contributed by atoms with Crippen molar-refractivity contribution < 1.29 is 4.79 Å². The number of nitrogens with zero attached hydrogens (tertiary/aromatic N) is 6. The molecule has 1 aliphatic rings. The summed E-state index contributed by atoms with van der Waals surface area (Å²) in [6, 6.07) is 1.96. The molecule has 2 N–H and O–H groups in total. The number of amides is 1. The highest BCUT2D eigenvalue weighted by molar-refractivity contribution is 5.91. The summed E-state index contributed by atoms with van der Waals surface area (Å²) in [5.74, 6) is 2.25. The summed E-state index contributed by atoms with van der Waals surface area (Å²) in [5.41, 5.74) is 0.312. The van der Waals surface area contributed by atoms with E-state index in [1.807, 2.05) is 13.0 Å². The molecule has 1 fully saturated rings. The number of hydrogen-bond donors (Lipinski definition) is 2. The molecule has 0 unspecified atom stereocenters. The van der Waals surface area contributed by atoms with Crippen molar-refractivity contribution in [2.24, 2.45) is 7.05 Å². The van der Waals surface area contributed by atoms with E-state index in [0.29, 0.717) is 18.8 Å². The second kappa shape index (κ2) is 7.24. The number of carbonyl (C=O) groups is 1. The molecule has 128 valence electrons. The van der Waals surface area contributed by atoms with Crippen molar-refractivity contribution in [3.05, 3.63) is 23.8 Å². The second-order valence-electron chi connectivity index (χ2n) is 5.81. The van der Waals surface area contributed by atoms with E-state index >= 15 is 0 Å². The first-order chi connectivity index (χ1) is 11.6. The van der Waals surface area contributed by atoms with Gasteiger partial charge in [-0.3, -0.25) is 9.48 Å². The topological polar surface area (TPSA) is 101 Å². The van der Waals surface area contributed by atoms with Gasteiger partial charge in [-0.05, 0) is 19.8 Å². The molecule has 1 aliphatic heterocycles. The normalized spacial score (nSPS) is 14.0. The monoisotopic (exact) mass is 330 g/mol. The van der Waals surface area contributed by atoms with E-state index in [1.165, 1.54) is 17.5 Å². The molecule has 9 heteroatoms. The molecule has 0 spiro atoms. The molecule has 3 heterocycles. The third kappa shape index (κ3) is 3.98. The van der Waals surface area contributed by atoms with E-state index in [1.54, 1.807) is 13.2 Å². The minimum absolute atomic E-state index is 0.235. The lowest BCUT2D eigenvalue weighted by atomic mass is 10.4. The first-order valence-corrected chi connectivity index (χ1v) is 8.11. The summed E-state index contributed by atoms with van der Waals surface area (Å²) < 4.78 is 1.50. The number of rotatable bonds is 6. The number of hydrogen-bond acceptors (Lipinski definition) is 7. The maximum Gasteiger partial charge on any atom is 0.273 e. The van der Waals surface area contributed by atoms with Gasteiger partial charge in [-0.25, -0.2) is 9.97 Å². The SMILES string of the molecule is Cc1nc(NCCNC(=O)c2cn(C)nn2)cc(N2CCCC2)n1. The maximum absolute atomic E-state index is 11.9. The van der Waals surface area contributed by atoms with Gasteiger partial charge >= 0.3 is 0 Å². The zero-order valence-corrected chi connectivity index (χ0v) is 14.0. The van der Waals surface area contributed by atoms with Crippen LogP contribution in [0.5, 0.6) is 0 Å². The summed E-state index contributed by atoms with van der Waals surface area (Å²) in [6.45, 7) is 5.02. The van der Waals surface area contributed by atoms with Crippen LogP contribution in [0.1, 0.15) is 29.2 Å². The van der Waals surface area contributed by atoms with Crippen molar-refractivity contribution in [3.8, 4) is 0 Å². The third-order valence-corrected chi connectivity index (χ3v) is 3.81. The average Bonchev–Trinajstić information content (AvgIpc) is 3.22. The van der Waals surface area contributed by atoms with Gasteiger partial charge in [0.1, 0.15) is 17.5 Å². The van der Waals surface area contributed by atoms with Crippen LogP contribution in [0.4, 0.5) is 11.6 Å². The molecule has 9 nitrogen and oxygen atoms in total. The highest BCUT2D eigenvalue weighted by atomic mass is 16.2. The smallest absolute Gasteiger partial charge is 0.273 e. The highest BCUT2D eigenvalue weighted by Crippen LogP contribution is 2.20. The molecule has 2 aromatic rings. The van der Waals surface area contributed by atoms with Crippen molar-refractivity contribution in [3.63, 3.8) is 0 Å². The Morgan fingerprint density at radius 2 is 2.04 bits per heavy atom. The van der Waals surface area contributed by atoms with Crippen LogP contribution in [0.25, 0.3) is 0 Å². The van der Waals surface area contributed by atoms with Crippen LogP contribution >= 0.6 is 0 Å². The molecule has 1 saturated heterocycles. The van der Waals surface area contributed by atoms with Gasteiger partial charge in [-0.2, -0.15) is 0 Å². The summed E-state index contributed by atoms with van der Waals surface area (Å²) in [7, 11) is 1.72. The standard InChI is InChI=1S/C15H22N8O/c1-11-18-13(9-14(19-11)23-7-3-4-8-23)16-5-6-17-15(24)12-10-22(2)21-20-12/h9-10H,3-8H2,1-2H3,(H,17,24)(H,16,18,19). The van der Waals surface area contributed by atoms with Crippen molar-refractivity contribution in [1.29, 1.82) is 0 Å². The molecule has 0 aromatic carbocycles. The van der Waals surface area contributed by atoms with Crippen molar-refractivity contribution in [1.82, 2.24) is 30.3 Å². The van der Waals surface area contributed by atoms with Gasteiger partial charge in [-0.15, -0.1) is 5.10 Å². The fraction of sp³-hybridized carbons (Fsp3) is 0.533. The zero-order chi connectivity index (χ0) is 16.9. The van der Waals surface area contributed by atoms with Crippen molar-refractivity contribution >= 4 is 17.5 Å². The minimum atomic E-state index is -0.235. The molecule has 0 bridgehead atoms. The molecular formula is C15H22N8O. The Bertz CT molecular complexity index is 707. The highest BCUT2D eigenvalue weighted by Gasteiger charge is 2.15. The third-order valence-electron chi connectivity index (χ3n) is 3.81. The summed E-state index contributed by atoms with van der Waals surface area (Å²) in [4.78, 5) is 23.0. The fourth-order valence-corrected chi connectivity index (χ4v) is 2.66. The number of aromatic nitrogens is 5. The predicted octanol–water partition coefficient (Wildman–Crippen LogP) is 0.356. The molecule has 0 atom stereocenters. The van der Waals surface area contributed by atoms with Crippen molar-refractivity contribution in [2.75, 3.05) is 36.4 Å². The van der Waals surface area contributed by atoms with E-state index in [0.717, 1.165) is 30.5 Å². The molecular weight excluding hydrogens is 308 g/mol. The average molecular weight is 330 g/mol. The van der Waals surface area contributed by atoms with Gasteiger partial charge in [0.25, 0.3) is 5.91 Å². The van der Waals surface area contributed by atoms with Crippen LogP contribution in [0.15, 0.2) is 12.3 Å². The number of anilines is 2. The minimum Gasteiger partial charge on any atom is -0.368 e. The molecule has 2 aromatic heterocycles. The maximum atomic E-state index is 11.9. The van der Waals surface area contributed by atoms with Gasteiger partial charge in [0.05, 0.1) is 6.20 Å². The van der Waals surface area contributed by atoms with Crippen LogP contribution in [0.3, 0.4) is 0 Å². The molecule has 0 aliphatic carbocycles. The zero-order valence-electron chi connectivity index (χ0n) is 14.0. The summed E-state index contributed by atoms with van der Waals surface area (Å²) in [5, 5.41) is 13.5. The lowest BCUT2D eigenvalue weighted by Crippen LogP contribution is -2.29. The van der Waals surface area contributed by atoms with Gasteiger partial charge in [-0.1, -0.05) is 5.21 Å². The first-order valence-electron chi connectivity index (χ1n) is 8.11. The quantitative estimate of drug-likeness (QED) is 0.737. The molecule has 3 rings (SSSR count). The van der Waals surface area contributed by atoms with E-state index < -0.39 is 0 Å². The number of nitrogens with one attached hydrogen (secondary N) is 2. The van der Waals surface area contributed by atoms with Crippen LogP contribution in [-0.2, 0) is 7.05 Å². The van der Waals surface area contributed by atoms with E-state index in [2.05, 4.69) is 35.8 Å². The first kappa shape index (κ1) is 16.2. The molecule has 24 heavy (non-hydrogen) atoms. The van der Waals surface area contributed by atoms with E-state index in [9.17, 15) is 4.79 Å². The van der Waals surface area contributed by atoms with E-state index in [-0.39, 0.29) is 5.91 Å². The molecule has 1 amide bonds. The number of carbonyl (C=O) groups excluding carboxylic acids is 1. The van der Waals surface area contributed by atoms with Crippen LogP contribution in [0.2, 0.25) is 0 Å². The largest absolute Gasteiger partial charge is 0.368 e. The van der Waals surface area contributed by atoms with Gasteiger partial charge < -0.3 is 15.5 Å². The Morgan fingerprint density at radius 1 is 1.25 bits per heavy atom. The number of aryl methyl sites for hydroxylation is 2. The van der Waals surface area contributed by atoms with Gasteiger partial charge in [0, 0.05) is 39.3 Å². The van der Waals surface area contributed by atoms with Crippen LogP contribution in [0, 0.1) is 6.92 Å². The molecule has 0 saturated carbocycles. The molecule has 0 radical (unpaired) electrons.